The van der Waals surface area contributed by atoms with Crippen molar-refractivity contribution >= 4 is 17.4 Å². The number of anilines is 2. The number of carbonyl (C=O) groups is 1. The molecule has 6 nitrogen and oxygen atoms in total. The summed E-state index contributed by atoms with van der Waals surface area (Å²) >= 11 is 0. The van der Waals surface area contributed by atoms with Crippen LogP contribution in [-0.4, -0.2) is 22.6 Å². The molecule has 0 radical (unpaired) electrons. The number of rotatable bonds is 6. The molecule has 1 heterocycles. The normalized spacial score (nSPS) is 10.1. The van der Waals surface area contributed by atoms with Gasteiger partial charge in [-0.05, 0) is 36.8 Å². The summed E-state index contributed by atoms with van der Waals surface area (Å²) in [5.74, 6) is 0.304. The van der Waals surface area contributed by atoms with Crippen LogP contribution in [0.1, 0.15) is 28.5 Å². The van der Waals surface area contributed by atoms with Gasteiger partial charge in [-0.2, -0.15) is 5.26 Å². The first kappa shape index (κ1) is 18.1. The van der Waals surface area contributed by atoms with E-state index >= 15 is 0 Å². The van der Waals surface area contributed by atoms with Gasteiger partial charge in [0.1, 0.15) is 6.07 Å². The van der Waals surface area contributed by atoms with Gasteiger partial charge < -0.3 is 10.2 Å². The van der Waals surface area contributed by atoms with E-state index in [9.17, 15) is 4.79 Å². The Morgan fingerprint density at radius 3 is 2.44 bits per heavy atom. The highest BCUT2D eigenvalue weighted by atomic mass is 16.1. The van der Waals surface area contributed by atoms with Gasteiger partial charge in [-0.1, -0.05) is 42.5 Å². The number of hydrogen-bond donors (Lipinski definition) is 1. The fourth-order valence-electron chi connectivity index (χ4n) is 2.65. The van der Waals surface area contributed by atoms with Crippen molar-refractivity contribution in [3.63, 3.8) is 0 Å². The van der Waals surface area contributed by atoms with Crippen LogP contribution in [0.2, 0.25) is 0 Å². The van der Waals surface area contributed by atoms with Crippen LogP contribution >= 0.6 is 0 Å². The van der Waals surface area contributed by atoms with Crippen LogP contribution in [0.15, 0.2) is 66.7 Å². The molecule has 2 aromatic carbocycles. The molecule has 1 N–H and O–H groups in total. The predicted octanol–water partition coefficient (Wildman–Crippen LogP) is 3.63. The molecule has 0 saturated heterocycles. The van der Waals surface area contributed by atoms with E-state index in [0.717, 1.165) is 6.54 Å². The molecule has 3 rings (SSSR count). The lowest BCUT2D eigenvalue weighted by molar-refractivity contribution is 0.102. The third-order valence-corrected chi connectivity index (χ3v) is 4.10. The van der Waals surface area contributed by atoms with Gasteiger partial charge in [0.2, 0.25) is 0 Å². The summed E-state index contributed by atoms with van der Waals surface area (Å²) in [6, 6.07) is 22.4. The maximum absolute atomic E-state index is 12.4. The predicted molar refractivity (Wildman–Crippen MR) is 104 cm³/mol. The zero-order valence-electron chi connectivity index (χ0n) is 15.0. The third kappa shape index (κ3) is 4.47. The van der Waals surface area contributed by atoms with E-state index in [1.807, 2.05) is 31.2 Å². The molecule has 0 aliphatic heterocycles. The maximum Gasteiger partial charge on any atom is 0.276 e. The molecule has 0 spiro atoms. The van der Waals surface area contributed by atoms with Gasteiger partial charge in [0.15, 0.2) is 11.5 Å². The molecule has 0 aliphatic carbocycles. The van der Waals surface area contributed by atoms with Gasteiger partial charge >= 0.3 is 0 Å². The molecule has 1 amide bonds. The highest BCUT2D eigenvalue weighted by Gasteiger charge is 2.13. The third-order valence-electron chi connectivity index (χ3n) is 4.10. The van der Waals surface area contributed by atoms with Crippen LogP contribution in [-0.2, 0) is 6.54 Å². The summed E-state index contributed by atoms with van der Waals surface area (Å²) in [6.45, 7) is 3.53. The number of carbonyl (C=O) groups excluding carboxylic acids is 1. The quantitative estimate of drug-likeness (QED) is 0.728. The second-order valence-electron chi connectivity index (χ2n) is 5.89. The summed E-state index contributed by atoms with van der Waals surface area (Å²) < 4.78 is 0. The lowest BCUT2D eigenvalue weighted by Gasteiger charge is -2.21. The minimum absolute atomic E-state index is 0.197. The Bertz CT molecular complexity index is 948. The SMILES string of the molecule is CCN(Cc1ccccc1)c1ccc(C(=O)Nc2ccccc2C#N)nn1. The smallest absolute Gasteiger partial charge is 0.276 e. The second-order valence-corrected chi connectivity index (χ2v) is 5.89. The van der Waals surface area contributed by atoms with Gasteiger partial charge in [0.05, 0.1) is 11.3 Å². The first-order chi connectivity index (χ1) is 13.2. The van der Waals surface area contributed by atoms with Crippen LogP contribution in [0.5, 0.6) is 0 Å². The maximum atomic E-state index is 12.4. The van der Waals surface area contributed by atoms with E-state index in [2.05, 4.69) is 32.5 Å². The lowest BCUT2D eigenvalue weighted by atomic mass is 10.2. The number of nitrogens with one attached hydrogen (secondary N) is 1. The highest BCUT2D eigenvalue weighted by molar-refractivity contribution is 6.03. The number of aromatic nitrogens is 2. The first-order valence-corrected chi connectivity index (χ1v) is 8.64. The number of para-hydroxylation sites is 1. The number of hydrogen-bond acceptors (Lipinski definition) is 5. The van der Waals surface area contributed by atoms with Crippen LogP contribution < -0.4 is 10.2 Å². The lowest BCUT2D eigenvalue weighted by Crippen LogP contribution is -2.24. The Hall–Kier alpha value is -3.72. The summed E-state index contributed by atoms with van der Waals surface area (Å²) in [5.41, 5.74) is 2.23. The number of amides is 1. The zero-order chi connectivity index (χ0) is 19.1. The van der Waals surface area contributed by atoms with Gasteiger partial charge in [-0.3, -0.25) is 4.79 Å². The average molecular weight is 357 g/mol. The van der Waals surface area contributed by atoms with Crippen molar-refractivity contribution in [3.8, 4) is 6.07 Å². The molecule has 0 bridgehead atoms. The fraction of sp³-hybridized carbons (Fsp3) is 0.143. The minimum atomic E-state index is -0.400. The molecular weight excluding hydrogens is 338 g/mol. The van der Waals surface area contributed by atoms with Crippen molar-refractivity contribution in [2.45, 2.75) is 13.5 Å². The monoisotopic (exact) mass is 357 g/mol. The molecule has 0 fully saturated rings. The van der Waals surface area contributed by atoms with E-state index in [1.165, 1.54) is 5.56 Å². The highest BCUT2D eigenvalue weighted by Crippen LogP contribution is 2.16. The fourth-order valence-corrected chi connectivity index (χ4v) is 2.65. The van der Waals surface area contributed by atoms with E-state index in [-0.39, 0.29) is 5.69 Å². The standard InChI is InChI=1S/C21H19N5O/c1-2-26(15-16-8-4-3-5-9-16)20-13-12-19(24-25-20)21(27)23-18-11-7-6-10-17(18)14-22/h3-13H,2,15H2,1H3,(H,23,27). The van der Waals surface area contributed by atoms with Gasteiger partial charge in [-0.15, -0.1) is 10.2 Å². The molecule has 134 valence electrons. The summed E-state index contributed by atoms with van der Waals surface area (Å²) in [5, 5.41) is 20.1. The Morgan fingerprint density at radius 2 is 1.78 bits per heavy atom. The largest absolute Gasteiger partial charge is 0.351 e. The molecular formula is C21H19N5O. The van der Waals surface area contributed by atoms with Crippen LogP contribution in [0.25, 0.3) is 0 Å². The van der Waals surface area contributed by atoms with Crippen LogP contribution in [0.4, 0.5) is 11.5 Å². The topological polar surface area (TPSA) is 81.9 Å². The van der Waals surface area contributed by atoms with E-state index in [0.29, 0.717) is 23.6 Å². The van der Waals surface area contributed by atoms with E-state index < -0.39 is 5.91 Å². The molecule has 3 aromatic rings. The molecule has 0 aliphatic rings. The second kappa shape index (κ2) is 8.59. The van der Waals surface area contributed by atoms with Crippen LogP contribution in [0.3, 0.4) is 0 Å². The van der Waals surface area contributed by atoms with Crippen LogP contribution in [0, 0.1) is 11.3 Å². The van der Waals surface area contributed by atoms with Crippen molar-refractivity contribution in [3.05, 3.63) is 83.6 Å². The summed E-state index contributed by atoms with van der Waals surface area (Å²) in [6.07, 6.45) is 0. The van der Waals surface area contributed by atoms with Gasteiger partial charge in [0, 0.05) is 13.1 Å². The molecule has 0 saturated carbocycles. The minimum Gasteiger partial charge on any atom is -0.351 e. The molecule has 6 heteroatoms. The van der Waals surface area contributed by atoms with Gasteiger partial charge in [-0.25, -0.2) is 0 Å². The number of nitriles is 1. The van der Waals surface area contributed by atoms with Gasteiger partial charge in [0.25, 0.3) is 5.91 Å². The zero-order valence-corrected chi connectivity index (χ0v) is 15.0. The Balaban J connectivity index is 1.72. The van der Waals surface area contributed by atoms with Crippen molar-refractivity contribution in [1.82, 2.24) is 10.2 Å². The van der Waals surface area contributed by atoms with Crippen molar-refractivity contribution < 1.29 is 4.79 Å². The van der Waals surface area contributed by atoms with Crippen molar-refractivity contribution in [2.75, 3.05) is 16.8 Å². The number of benzene rings is 2. The molecule has 0 unspecified atom stereocenters. The number of nitrogens with zero attached hydrogens (tertiary/aromatic N) is 4. The molecule has 1 aromatic heterocycles. The molecule has 27 heavy (non-hydrogen) atoms. The summed E-state index contributed by atoms with van der Waals surface area (Å²) in [7, 11) is 0. The average Bonchev–Trinajstić information content (AvgIpc) is 2.73. The van der Waals surface area contributed by atoms with E-state index in [1.54, 1.807) is 36.4 Å². The van der Waals surface area contributed by atoms with Crippen molar-refractivity contribution in [2.24, 2.45) is 0 Å². The Morgan fingerprint density at radius 1 is 1.04 bits per heavy atom. The Labute approximate surface area is 158 Å². The molecule has 0 atom stereocenters. The van der Waals surface area contributed by atoms with E-state index in [4.69, 9.17) is 5.26 Å². The summed E-state index contributed by atoms with van der Waals surface area (Å²) in [4.78, 5) is 14.5. The first-order valence-electron chi connectivity index (χ1n) is 8.64. The Kier molecular flexibility index (Phi) is 5.75. The van der Waals surface area contributed by atoms with Crippen molar-refractivity contribution in [1.29, 1.82) is 5.26 Å².